The van der Waals surface area contributed by atoms with Gasteiger partial charge in [-0.25, -0.2) is 9.67 Å². The molecule has 0 saturated carbocycles. The molecular weight excluding hydrogens is 589 g/mol. The summed E-state index contributed by atoms with van der Waals surface area (Å²) in [5.41, 5.74) is 3.04. The SMILES string of the molecule is CCCC1(CCC)OB(c2nn(C(c3ccccc3)(c3ccccc3)c3ccccc3)c3ncc(Cl)cc23)OC1(CCC)CCC. The van der Waals surface area contributed by atoms with Gasteiger partial charge in [0.05, 0.1) is 16.2 Å². The summed E-state index contributed by atoms with van der Waals surface area (Å²) in [4.78, 5) is 4.99. The van der Waals surface area contributed by atoms with Crippen LogP contribution in [0.15, 0.2) is 103 Å². The maximum atomic E-state index is 7.26. The van der Waals surface area contributed by atoms with Crippen molar-refractivity contribution in [1.29, 1.82) is 0 Å². The second-order valence-corrected chi connectivity index (χ2v) is 13.1. The van der Waals surface area contributed by atoms with Gasteiger partial charge in [0, 0.05) is 11.6 Å². The van der Waals surface area contributed by atoms with Crippen LogP contribution in [0, 0.1) is 0 Å². The van der Waals surface area contributed by atoms with Crippen LogP contribution in [-0.2, 0) is 14.8 Å². The molecule has 0 amide bonds. The van der Waals surface area contributed by atoms with Crippen LogP contribution in [0.3, 0.4) is 0 Å². The molecule has 5 nitrogen and oxygen atoms in total. The highest BCUT2D eigenvalue weighted by Gasteiger charge is 2.61. The van der Waals surface area contributed by atoms with Gasteiger partial charge in [0.15, 0.2) is 5.65 Å². The molecular formula is C39H45BClN3O2. The fourth-order valence-electron chi connectivity index (χ4n) is 8.08. The van der Waals surface area contributed by atoms with E-state index in [1.54, 1.807) is 6.20 Å². The molecule has 5 aromatic rings. The van der Waals surface area contributed by atoms with Crippen molar-refractivity contribution in [1.82, 2.24) is 14.8 Å². The molecule has 2 aromatic heterocycles. The number of benzene rings is 3. The topological polar surface area (TPSA) is 49.2 Å². The molecule has 1 aliphatic rings. The number of pyridine rings is 1. The minimum absolute atomic E-state index is 0.398. The molecule has 0 aliphatic carbocycles. The highest BCUT2D eigenvalue weighted by Crippen LogP contribution is 2.50. The zero-order valence-electron chi connectivity index (χ0n) is 27.6. The van der Waals surface area contributed by atoms with Crippen molar-refractivity contribution in [2.45, 2.75) is 95.8 Å². The van der Waals surface area contributed by atoms with Crippen LogP contribution in [0.2, 0.25) is 5.02 Å². The Hall–Kier alpha value is -3.45. The van der Waals surface area contributed by atoms with E-state index in [4.69, 9.17) is 31.0 Å². The van der Waals surface area contributed by atoms with Gasteiger partial charge in [-0.05, 0) is 48.4 Å². The zero-order valence-corrected chi connectivity index (χ0v) is 28.3. The molecule has 0 unspecified atom stereocenters. The average molecular weight is 634 g/mol. The second kappa shape index (κ2) is 13.7. The Balaban J connectivity index is 1.66. The maximum absolute atomic E-state index is 7.26. The quantitative estimate of drug-likeness (QED) is 0.0958. The van der Waals surface area contributed by atoms with Crippen molar-refractivity contribution in [3.8, 4) is 0 Å². The Morgan fingerprint density at radius 1 is 0.674 bits per heavy atom. The summed E-state index contributed by atoms with van der Waals surface area (Å²) in [6.45, 7) is 8.99. The first-order valence-corrected chi connectivity index (χ1v) is 17.4. The molecule has 1 aliphatic heterocycles. The number of nitrogens with zero attached hydrogens (tertiary/aromatic N) is 3. The van der Waals surface area contributed by atoms with Gasteiger partial charge < -0.3 is 9.31 Å². The van der Waals surface area contributed by atoms with Gasteiger partial charge in [0.2, 0.25) is 0 Å². The van der Waals surface area contributed by atoms with Gasteiger partial charge >= 0.3 is 7.12 Å². The summed E-state index contributed by atoms with van der Waals surface area (Å²) in [5, 5.41) is 6.93. The third-order valence-corrected chi connectivity index (χ3v) is 9.95. The lowest BCUT2D eigenvalue weighted by Crippen LogP contribution is -2.51. The van der Waals surface area contributed by atoms with E-state index in [0.717, 1.165) is 84.7 Å². The average Bonchev–Trinajstić information content (AvgIpc) is 3.59. The van der Waals surface area contributed by atoms with E-state index in [9.17, 15) is 0 Å². The number of hydrogen-bond acceptors (Lipinski definition) is 4. The van der Waals surface area contributed by atoms with Crippen LogP contribution >= 0.6 is 11.6 Å². The number of fused-ring (bicyclic) bond motifs is 1. The predicted octanol–water partition coefficient (Wildman–Crippen LogP) is 9.34. The number of halogens is 1. The fraction of sp³-hybridized carbons (Fsp3) is 0.385. The van der Waals surface area contributed by atoms with E-state index in [2.05, 4.69) is 123 Å². The Labute approximate surface area is 279 Å². The fourth-order valence-corrected chi connectivity index (χ4v) is 8.24. The number of rotatable bonds is 13. The number of aromatic nitrogens is 3. The summed E-state index contributed by atoms with van der Waals surface area (Å²) < 4.78 is 16.6. The molecule has 46 heavy (non-hydrogen) atoms. The molecule has 3 heterocycles. The highest BCUT2D eigenvalue weighted by atomic mass is 35.5. The molecule has 1 saturated heterocycles. The molecule has 1 fully saturated rings. The second-order valence-electron chi connectivity index (χ2n) is 12.7. The van der Waals surface area contributed by atoms with Crippen LogP contribution in [0.4, 0.5) is 0 Å². The third kappa shape index (κ3) is 5.38. The summed E-state index contributed by atoms with van der Waals surface area (Å²) >= 11 is 6.70. The largest absolute Gasteiger partial charge is 0.517 e. The van der Waals surface area contributed by atoms with E-state index in [1.807, 2.05) is 6.07 Å². The van der Waals surface area contributed by atoms with Crippen LogP contribution < -0.4 is 5.59 Å². The van der Waals surface area contributed by atoms with E-state index in [1.165, 1.54) is 0 Å². The molecule has 238 valence electrons. The standard InChI is InChI=1S/C39H45BClN3O2/c1-5-24-37(25-6-2)38(26-7-3,27-8-4)46-40(45-37)35-34-28-33(41)29-42-36(34)44(43-35)39(30-18-12-9-13-19-30,31-20-14-10-15-21-31)32-22-16-11-17-23-32/h9-23,28-29H,5-8,24-27H2,1-4H3. The Morgan fingerprint density at radius 3 is 1.48 bits per heavy atom. The molecule has 0 spiro atoms. The van der Waals surface area contributed by atoms with Crippen molar-refractivity contribution in [3.05, 3.63) is 125 Å². The van der Waals surface area contributed by atoms with Crippen LogP contribution in [-0.4, -0.2) is 33.1 Å². The zero-order chi connectivity index (χ0) is 32.2. The van der Waals surface area contributed by atoms with Crippen molar-refractivity contribution in [3.63, 3.8) is 0 Å². The first-order chi connectivity index (χ1) is 22.5. The number of hydrogen-bond donors (Lipinski definition) is 0. The predicted molar refractivity (Wildman–Crippen MR) is 190 cm³/mol. The van der Waals surface area contributed by atoms with Gasteiger partial charge in [0.1, 0.15) is 11.1 Å². The lowest BCUT2D eigenvalue weighted by molar-refractivity contribution is -0.0733. The van der Waals surface area contributed by atoms with E-state index in [0.29, 0.717) is 5.02 Å². The first-order valence-electron chi connectivity index (χ1n) is 17.1. The van der Waals surface area contributed by atoms with E-state index in [-0.39, 0.29) is 0 Å². The molecule has 7 heteroatoms. The normalized spacial score (nSPS) is 15.9. The highest BCUT2D eigenvalue weighted by molar-refractivity contribution is 6.64. The molecule has 0 N–H and O–H groups in total. The van der Waals surface area contributed by atoms with Crippen LogP contribution in [0.25, 0.3) is 11.0 Å². The molecule has 0 atom stereocenters. The van der Waals surface area contributed by atoms with Gasteiger partial charge in [-0.15, -0.1) is 0 Å². The van der Waals surface area contributed by atoms with Crippen LogP contribution in [0.5, 0.6) is 0 Å². The minimum atomic E-state index is -0.840. The van der Waals surface area contributed by atoms with Crippen LogP contribution in [0.1, 0.15) is 95.8 Å². The van der Waals surface area contributed by atoms with E-state index < -0.39 is 23.9 Å². The minimum Gasteiger partial charge on any atom is -0.398 e. The summed E-state index contributed by atoms with van der Waals surface area (Å²) in [5.74, 6) is 0. The Morgan fingerprint density at radius 2 is 1.09 bits per heavy atom. The van der Waals surface area contributed by atoms with Crippen molar-refractivity contribution < 1.29 is 9.31 Å². The van der Waals surface area contributed by atoms with Gasteiger partial charge in [-0.3, -0.25) is 0 Å². The maximum Gasteiger partial charge on any atom is 0.517 e. The van der Waals surface area contributed by atoms with Gasteiger partial charge in [-0.1, -0.05) is 156 Å². The molecule has 3 aromatic carbocycles. The van der Waals surface area contributed by atoms with Crippen molar-refractivity contribution in [2.24, 2.45) is 0 Å². The smallest absolute Gasteiger partial charge is 0.398 e. The Kier molecular flexibility index (Phi) is 9.70. The lowest BCUT2D eigenvalue weighted by Gasteiger charge is -2.45. The summed E-state index contributed by atoms with van der Waals surface area (Å²) in [6.07, 6.45) is 9.56. The first kappa shape index (κ1) is 32.5. The summed E-state index contributed by atoms with van der Waals surface area (Å²) in [6, 6.07) is 33.7. The Bertz CT molecular complexity index is 1600. The lowest BCUT2D eigenvalue weighted by atomic mass is 9.72. The molecule has 6 rings (SSSR count). The third-order valence-electron chi connectivity index (χ3n) is 9.74. The van der Waals surface area contributed by atoms with Gasteiger partial charge in [0.25, 0.3) is 0 Å². The van der Waals surface area contributed by atoms with Crippen molar-refractivity contribution >= 4 is 35.3 Å². The molecule has 0 radical (unpaired) electrons. The van der Waals surface area contributed by atoms with Gasteiger partial charge in [-0.2, -0.15) is 5.10 Å². The summed E-state index contributed by atoms with van der Waals surface area (Å²) in [7, 11) is -0.653. The van der Waals surface area contributed by atoms with E-state index >= 15 is 0 Å². The monoisotopic (exact) mass is 633 g/mol. The molecule has 0 bridgehead atoms. The van der Waals surface area contributed by atoms with Crippen molar-refractivity contribution in [2.75, 3.05) is 0 Å².